The van der Waals surface area contributed by atoms with Gasteiger partial charge in [0.05, 0.1) is 7.11 Å². The Bertz CT molecular complexity index is 1010. The molecule has 0 spiro atoms. The topological polar surface area (TPSA) is 99.0 Å². The molecule has 0 atom stereocenters. The van der Waals surface area contributed by atoms with Gasteiger partial charge in [-0.25, -0.2) is 0 Å². The van der Waals surface area contributed by atoms with Crippen molar-refractivity contribution in [3.8, 4) is 17.2 Å². The third-order valence-electron chi connectivity index (χ3n) is 4.00. The average molecular weight is 410 g/mol. The molecule has 0 radical (unpaired) electrons. The first-order valence-electron chi connectivity index (χ1n) is 9.18. The van der Waals surface area contributed by atoms with E-state index in [9.17, 15) is 9.59 Å². The number of nitrogens with one attached hydrogen (secondary N) is 2. The fourth-order valence-corrected chi connectivity index (χ4v) is 2.54. The second-order valence-corrected chi connectivity index (χ2v) is 6.31. The lowest BCUT2D eigenvalue weighted by molar-refractivity contribution is -0.123. The molecular formula is C22H22N2O6. The van der Waals surface area contributed by atoms with Gasteiger partial charge in [-0.1, -0.05) is 24.3 Å². The molecule has 0 saturated carbocycles. The highest BCUT2D eigenvalue weighted by molar-refractivity contribution is 5.93. The molecule has 0 saturated heterocycles. The number of hydrogen-bond donors (Lipinski definition) is 2. The van der Waals surface area contributed by atoms with E-state index < -0.39 is 11.8 Å². The third-order valence-corrected chi connectivity index (χ3v) is 4.00. The number of rotatable bonds is 8. The van der Waals surface area contributed by atoms with E-state index >= 15 is 0 Å². The largest absolute Gasteiger partial charge is 0.493 e. The molecule has 2 aromatic carbocycles. The maximum Gasteiger partial charge on any atom is 0.305 e. The van der Waals surface area contributed by atoms with Crippen molar-refractivity contribution in [2.45, 2.75) is 13.5 Å². The van der Waals surface area contributed by atoms with Gasteiger partial charge >= 0.3 is 5.91 Å². The number of furan rings is 1. The van der Waals surface area contributed by atoms with Gasteiger partial charge in [0.15, 0.2) is 23.9 Å². The van der Waals surface area contributed by atoms with Crippen molar-refractivity contribution in [1.29, 1.82) is 0 Å². The van der Waals surface area contributed by atoms with Crippen LogP contribution in [-0.2, 0) is 11.4 Å². The van der Waals surface area contributed by atoms with Gasteiger partial charge in [0.25, 0.3) is 5.91 Å². The maximum absolute atomic E-state index is 12.1. The Balaban J connectivity index is 1.44. The lowest BCUT2D eigenvalue weighted by atomic mass is 10.2. The number of hydrazine groups is 1. The van der Waals surface area contributed by atoms with E-state index in [0.717, 1.165) is 5.56 Å². The highest BCUT2D eigenvalue weighted by atomic mass is 16.5. The van der Waals surface area contributed by atoms with Crippen LogP contribution < -0.4 is 25.1 Å². The van der Waals surface area contributed by atoms with Crippen molar-refractivity contribution in [2.24, 2.45) is 0 Å². The van der Waals surface area contributed by atoms with Gasteiger partial charge in [0.2, 0.25) is 0 Å². The summed E-state index contributed by atoms with van der Waals surface area (Å²) in [5, 5.41) is 0. The molecule has 0 aliphatic carbocycles. The molecule has 156 valence electrons. The van der Waals surface area contributed by atoms with E-state index in [2.05, 4.69) is 10.9 Å². The number of methoxy groups -OCH3 is 1. The summed E-state index contributed by atoms with van der Waals surface area (Å²) in [4.78, 5) is 24.0. The van der Waals surface area contributed by atoms with Gasteiger partial charge in [-0.2, -0.15) is 0 Å². The van der Waals surface area contributed by atoms with Crippen LogP contribution in [0.1, 0.15) is 21.9 Å². The van der Waals surface area contributed by atoms with Gasteiger partial charge in [-0.15, -0.1) is 0 Å². The molecule has 0 bridgehead atoms. The molecule has 3 rings (SSSR count). The number of para-hydroxylation sites is 2. The molecule has 8 heteroatoms. The Morgan fingerprint density at radius 2 is 1.73 bits per heavy atom. The fraction of sp³-hybridized carbons (Fsp3) is 0.182. The zero-order chi connectivity index (χ0) is 21.3. The van der Waals surface area contributed by atoms with Crippen molar-refractivity contribution in [3.63, 3.8) is 0 Å². The monoisotopic (exact) mass is 410 g/mol. The van der Waals surface area contributed by atoms with Crippen LogP contribution >= 0.6 is 0 Å². The van der Waals surface area contributed by atoms with Crippen molar-refractivity contribution >= 4 is 11.8 Å². The number of benzene rings is 2. The normalized spacial score (nSPS) is 10.2. The number of hydrogen-bond acceptors (Lipinski definition) is 6. The quantitative estimate of drug-likeness (QED) is 0.554. The minimum absolute atomic E-state index is 0.0357. The third kappa shape index (κ3) is 5.78. The Morgan fingerprint density at radius 1 is 0.933 bits per heavy atom. The standard InChI is InChI=1S/C22H22N2O6/c1-15-6-5-7-16(12-15)28-14-21(25)23-24-22(26)20-11-10-17(30-20)13-29-19-9-4-3-8-18(19)27-2/h3-12H,13-14H2,1-2H3,(H,23,25)(H,24,26). The second kappa shape index (κ2) is 10.0. The van der Waals surface area contributed by atoms with E-state index in [-0.39, 0.29) is 19.0 Å². The minimum Gasteiger partial charge on any atom is -0.493 e. The number of carbonyl (C=O) groups excluding carboxylic acids is 2. The average Bonchev–Trinajstić information content (AvgIpc) is 3.24. The van der Waals surface area contributed by atoms with Gasteiger partial charge in [0.1, 0.15) is 18.1 Å². The molecule has 2 N–H and O–H groups in total. The molecular weight excluding hydrogens is 388 g/mol. The summed E-state index contributed by atoms with van der Waals surface area (Å²) in [6.07, 6.45) is 0. The number of carbonyl (C=O) groups is 2. The van der Waals surface area contributed by atoms with Crippen molar-refractivity contribution in [2.75, 3.05) is 13.7 Å². The van der Waals surface area contributed by atoms with Gasteiger partial charge < -0.3 is 18.6 Å². The summed E-state index contributed by atoms with van der Waals surface area (Å²) in [5.74, 6) is 1.11. The molecule has 0 aliphatic heterocycles. The first kappa shape index (κ1) is 20.8. The van der Waals surface area contributed by atoms with E-state index in [0.29, 0.717) is 23.0 Å². The Morgan fingerprint density at radius 3 is 2.50 bits per heavy atom. The second-order valence-electron chi connectivity index (χ2n) is 6.31. The van der Waals surface area contributed by atoms with Crippen molar-refractivity contribution < 1.29 is 28.2 Å². The first-order chi connectivity index (χ1) is 14.5. The van der Waals surface area contributed by atoms with E-state index in [4.69, 9.17) is 18.6 Å². The van der Waals surface area contributed by atoms with E-state index in [1.165, 1.54) is 6.07 Å². The van der Waals surface area contributed by atoms with Crippen LogP contribution in [0.2, 0.25) is 0 Å². The zero-order valence-corrected chi connectivity index (χ0v) is 16.6. The molecule has 0 aliphatic rings. The molecule has 1 heterocycles. The van der Waals surface area contributed by atoms with Gasteiger partial charge in [-0.05, 0) is 48.9 Å². The van der Waals surface area contributed by atoms with Crippen LogP contribution in [0, 0.1) is 6.92 Å². The minimum atomic E-state index is -0.595. The Kier molecular flexibility index (Phi) is 6.94. The number of amides is 2. The van der Waals surface area contributed by atoms with Crippen LogP contribution in [-0.4, -0.2) is 25.5 Å². The van der Waals surface area contributed by atoms with Crippen LogP contribution in [0.25, 0.3) is 0 Å². The highest BCUT2D eigenvalue weighted by Gasteiger charge is 2.13. The molecule has 2 amide bonds. The van der Waals surface area contributed by atoms with Crippen molar-refractivity contribution in [1.82, 2.24) is 10.9 Å². The number of ether oxygens (including phenoxy) is 3. The van der Waals surface area contributed by atoms with Crippen LogP contribution in [0.4, 0.5) is 0 Å². The van der Waals surface area contributed by atoms with E-state index in [1.54, 1.807) is 31.4 Å². The SMILES string of the molecule is COc1ccccc1OCc1ccc(C(=O)NNC(=O)COc2cccc(C)c2)o1. The molecule has 3 aromatic rings. The predicted molar refractivity (Wildman–Crippen MR) is 108 cm³/mol. The first-order valence-corrected chi connectivity index (χ1v) is 9.18. The zero-order valence-electron chi connectivity index (χ0n) is 16.6. The summed E-state index contributed by atoms with van der Waals surface area (Å²) in [5.41, 5.74) is 5.57. The fourth-order valence-electron chi connectivity index (χ4n) is 2.54. The molecule has 0 unspecified atom stereocenters. The lowest BCUT2D eigenvalue weighted by Gasteiger charge is -2.09. The summed E-state index contributed by atoms with van der Waals surface area (Å²) in [7, 11) is 1.55. The van der Waals surface area contributed by atoms with E-state index in [1.807, 2.05) is 37.3 Å². The Hall–Kier alpha value is -3.94. The summed E-state index contributed by atoms with van der Waals surface area (Å²) < 4.78 is 21.7. The van der Waals surface area contributed by atoms with Crippen LogP contribution in [0.5, 0.6) is 17.2 Å². The maximum atomic E-state index is 12.1. The summed E-state index contributed by atoms with van der Waals surface area (Å²) >= 11 is 0. The molecule has 1 aromatic heterocycles. The van der Waals surface area contributed by atoms with Crippen LogP contribution in [0.15, 0.2) is 65.1 Å². The van der Waals surface area contributed by atoms with Crippen molar-refractivity contribution in [3.05, 3.63) is 77.7 Å². The predicted octanol–water partition coefficient (Wildman–Crippen LogP) is 3.02. The van der Waals surface area contributed by atoms with Gasteiger partial charge in [0, 0.05) is 0 Å². The number of aryl methyl sites for hydroxylation is 1. The molecule has 30 heavy (non-hydrogen) atoms. The molecule has 0 fully saturated rings. The van der Waals surface area contributed by atoms with Gasteiger partial charge in [-0.3, -0.25) is 20.4 Å². The Labute approximate surface area is 173 Å². The van der Waals surface area contributed by atoms with Crippen LogP contribution in [0.3, 0.4) is 0 Å². The highest BCUT2D eigenvalue weighted by Crippen LogP contribution is 2.26. The summed E-state index contributed by atoms with van der Waals surface area (Å²) in [6, 6.07) is 17.6. The smallest absolute Gasteiger partial charge is 0.305 e. The molecule has 8 nitrogen and oxygen atoms in total. The lowest BCUT2D eigenvalue weighted by Crippen LogP contribution is -2.43. The summed E-state index contributed by atoms with van der Waals surface area (Å²) in [6.45, 7) is 1.80.